The highest BCUT2D eigenvalue weighted by atomic mass is 16.5. The van der Waals surface area contributed by atoms with Crippen LogP contribution in [0, 0.1) is 0 Å². The number of rotatable bonds is 4. The molecule has 76 valence electrons. The molecule has 0 aliphatic carbocycles. The summed E-state index contributed by atoms with van der Waals surface area (Å²) in [6, 6.07) is 7.77. The predicted molar refractivity (Wildman–Crippen MR) is 56.2 cm³/mol. The van der Waals surface area contributed by atoms with Crippen LogP contribution in [0.4, 0.5) is 0 Å². The number of oxime groups is 1. The Hall–Kier alpha value is -1.51. The van der Waals surface area contributed by atoms with Crippen molar-refractivity contribution in [2.45, 2.75) is 20.3 Å². The average Bonchev–Trinajstić information content (AvgIpc) is 2.21. The minimum absolute atomic E-state index is 0.618. The topological polar surface area (TPSA) is 41.8 Å². The largest absolute Gasteiger partial charge is 0.494 e. The Labute approximate surface area is 84.0 Å². The Morgan fingerprint density at radius 3 is 2.79 bits per heavy atom. The minimum atomic E-state index is 0.618. The monoisotopic (exact) mass is 193 g/mol. The molecule has 1 aromatic carbocycles. The first kappa shape index (κ1) is 10.6. The van der Waals surface area contributed by atoms with Gasteiger partial charge in [0.05, 0.1) is 12.3 Å². The van der Waals surface area contributed by atoms with Gasteiger partial charge in [0, 0.05) is 6.42 Å². The van der Waals surface area contributed by atoms with Crippen molar-refractivity contribution in [3.05, 3.63) is 29.8 Å². The molecule has 0 fully saturated rings. The zero-order valence-electron chi connectivity index (χ0n) is 8.53. The molecule has 0 unspecified atom stereocenters. The Kier molecular flexibility index (Phi) is 3.98. The van der Waals surface area contributed by atoms with Gasteiger partial charge in [0.25, 0.3) is 0 Å². The average molecular weight is 193 g/mol. The molecule has 0 heterocycles. The van der Waals surface area contributed by atoms with Crippen LogP contribution in [0.3, 0.4) is 0 Å². The first-order valence-electron chi connectivity index (χ1n) is 4.66. The van der Waals surface area contributed by atoms with Gasteiger partial charge in [0.15, 0.2) is 0 Å². The maximum absolute atomic E-state index is 8.56. The Bertz CT molecular complexity index is 321. The van der Waals surface area contributed by atoms with Gasteiger partial charge in [-0.2, -0.15) is 0 Å². The van der Waals surface area contributed by atoms with Crippen molar-refractivity contribution < 1.29 is 9.94 Å². The van der Waals surface area contributed by atoms with E-state index in [9.17, 15) is 0 Å². The first-order chi connectivity index (χ1) is 6.77. The standard InChI is InChI=1S/C11H15NO2/c1-3-14-11-7-5-4-6-10(11)8-9(2)12-13/h4-7,13H,3,8H2,1-2H3/b12-9+. The molecule has 1 aromatic rings. The summed E-state index contributed by atoms with van der Waals surface area (Å²) >= 11 is 0. The van der Waals surface area contributed by atoms with Crippen LogP contribution in [-0.4, -0.2) is 17.5 Å². The summed E-state index contributed by atoms with van der Waals surface area (Å²) < 4.78 is 5.45. The first-order valence-corrected chi connectivity index (χ1v) is 4.66. The molecule has 3 heteroatoms. The SMILES string of the molecule is CCOc1ccccc1C/C(C)=N/O. The van der Waals surface area contributed by atoms with E-state index in [1.54, 1.807) is 6.92 Å². The van der Waals surface area contributed by atoms with E-state index in [0.717, 1.165) is 11.3 Å². The molecule has 3 nitrogen and oxygen atoms in total. The summed E-state index contributed by atoms with van der Waals surface area (Å²) in [7, 11) is 0. The smallest absolute Gasteiger partial charge is 0.122 e. The number of hydrogen-bond acceptors (Lipinski definition) is 3. The van der Waals surface area contributed by atoms with Crippen LogP contribution in [0.15, 0.2) is 29.4 Å². The summed E-state index contributed by atoms with van der Waals surface area (Å²) in [5, 5.41) is 11.7. The van der Waals surface area contributed by atoms with Gasteiger partial charge in [-0.05, 0) is 25.5 Å². The van der Waals surface area contributed by atoms with Crippen LogP contribution in [0.2, 0.25) is 0 Å². The van der Waals surface area contributed by atoms with Crippen molar-refractivity contribution in [2.75, 3.05) is 6.61 Å². The molecule has 0 saturated carbocycles. The fraction of sp³-hybridized carbons (Fsp3) is 0.364. The molecule has 14 heavy (non-hydrogen) atoms. The normalized spacial score (nSPS) is 11.4. The lowest BCUT2D eigenvalue weighted by Gasteiger charge is -2.08. The Morgan fingerprint density at radius 1 is 1.43 bits per heavy atom. The molecule has 1 N–H and O–H groups in total. The van der Waals surface area contributed by atoms with Gasteiger partial charge in [-0.1, -0.05) is 23.4 Å². The van der Waals surface area contributed by atoms with Crippen molar-refractivity contribution in [2.24, 2.45) is 5.16 Å². The minimum Gasteiger partial charge on any atom is -0.494 e. The lowest BCUT2D eigenvalue weighted by Crippen LogP contribution is -2.01. The third-order valence-electron chi connectivity index (χ3n) is 1.89. The summed E-state index contributed by atoms with van der Waals surface area (Å²) in [5.41, 5.74) is 1.72. The molecule has 0 aromatic heterocycles. The van der Waals surface area contributed by atoms with Crippen molar-refractivity contribution in [1.29, 1.82) is 0 Å². The van der Waals surface area contributed by atoms with Crippen molar-refractivity contribution in [3.8, 4) is 5.75 Å². The van der Waals surface area contributed by atoms with Gasteiger partial charge in [0.2, 0.25) is 0 Å². The molecule has 0 amide bonds. The van der Waals surface area contributed by atoms with E-state index in [2.05, 4.69) is 5.16 Å². The van der Waals surface area contributed by atoms with Gasteiger partial charge in [-0.3, -0.25) is 0 Å². The highest BCUT2D eigenvalue weighted by molar-refractivity contribution is 5.84. The van der Waals surface area contributed by atoms with E-state index in [1.165, 1.54) is 0 Å². The summed E-state index contributed by atoms with van der Waals surface area (Å²) in [4.78, 5) is 0. The van der Waals surface area contributed by atoms with E-state index in [1.807, 2.05) is 31.2 Å². The van der Waals surface area contributed by atoms with Crippen molar-refractivity contribution in [3.63, 3.8) is 0 Å². The molecule has 0 aliphatic rings. The summed E-state index contributed by atoms with van der Waals surface area (Å²) in [6.07, 6.45) is 0.618. The molecule has 1 rings (SSSR count). The van der Waals surface area contributed by atoms with E-state index >= 15 is 0 Å². The second kappa shape index (κ2) is 5.27. The van der Waals surface area contributed by atoms with Crippen LogP contribution in [0.25, 0.3) is 0 Å². The second-order valence-electron chi connectivity index (χ2n) is 3.05. The molecule has 0 bridgehead atoms. The summed E-state index contributed by atoms with van der Waals surface area (Å²) in [5.74, 6) is 0.859. The molecule has 0 spiro atoms. The number of benzene rings is 1. The fourth-order valence-corrected chi connectivity index (χ4v) is 1.26. The van der Waals surface area contributed by atoms with Crippen molar-refractivity contribution in [1.82, 2.24) is 0 Å². The Morgan fingerprint density at radius 2 is 2.14 bits per heavy atom. The van der Waals surface area contributed by atoms with Crippen molar-refractivity contribution >= 4 is 5.71 Å². The predicted octanol–water partition coefficient (Wildman–Crippen LogP) is 2.48. The lowest BCUT2D eigenvalue weighted by molar-refractivity contribution is 0.317. The van der Waals surface area contributed by atoms with Crippen LogP contribution in [-0.2, 0) is 6.42 Å². The third kappa shape index (κ3) is 2.76. The number of hydrogen-bond donors (Lipinski definition) is 1. The maximum Gasteiger partial charge on any atom is 0.122 e. The van der Waals surface area contributed by atoms with Gasteiger partial charge in [-0.25, -0.2) is 0 Å². The quantitative estimate of drug-likeness (QED) is 0.453. The molecule has 0 aliphatic heterocycles. The van der Waals surface area contributed by atoms with Gasteiger partial charge >= 0.3 is 0 Å². The van der Waals surface area contributed by atoms with Gasteiger partial charge < -0.3 is 9.94 Å². The molecular weight excluding hydrogens is 178 g/mol. The zero-order chi connectivity index (χ0) is 10.4. The van der Waals surface area contributed by atoms with Crippen LogP contribution in [0.1, 0.15) is 19.4 Å². The van der Waals surface area contributed by atoms with Crippen LogP contribution >= 0.6 is 0 Å². The number of nitrogens with zero attached hydrogens (tertiary/aromatic N) is 1. The maximum atomic E-state index is 8.56. The third-order valence-corrected chi connectivity index (χ3v) is 1.89. The zero-order valence-corrected chi connectivity index (χ0v) is 8.53. The van der Waals surface area contributed by atoms with E-state index < -0.39 is 0 Å². The second-order valence-corrected chi connectivity index (χ2v) is 3.05. The number of ether oxygens (including phenoxy) is 1. The van der Waals surface area contributed by atoms with Crippen LogP contribution < -0.4 is 4.74 Å². The van der Waals surface area contributed by atoms with E-state index in [0.29, 0.717) is 18.7 Å². The fourth-order valence-electron chi connectivity index (χ4n) is 1.26. The van der Waals surface area contributed by atoms with E-state index in [4.69, 9.17) is 9.94 Å². The Balaban J connectivity index is 2.84. The lowest BCUT2D eigenvalue weighted by atomic mass is 10.1. The molecule has 0 saturated heterocycles. The molecule has 0 radical (unpaired) electrons. The number of para-hydroxylation sites is 1. The van der Waals surface area contributed by atoms with E-state index in [-0.39, 0.29) is 0 Å². The molecule has 0 atom stereocenters. The highest BCUT2D eigenvalue weighted by Crippen LogP contribution is 2.18. The summed E-state index contributed by atoms with van der Waals surface area (Å²) in [6.45, 7) is 4.37. The van der Waals surface area contributed by atoms with Gasteiger partial charge in [-0.15, -0.1) is 0 Å². The highest BCUT2D eigenvalue weighted by Gasteiger charge is 2.03. The van der Waals surface area contributed by atoms with Crippen LogP contribution in [0.5, 0.6) is 5.75 Å². The molecular formula is C11H15NO2. The van der Waals surface area contributed by atoms with Gasteiger partial charge in [0.1, 0.15) is 5.75 Å².